The number of nitrogens with zero attached hydrogens (tertiary/aromatic N) is 6. The summed E-state index contributed by atoms with van der Waals surface area (Å²) >= 11 is 0. The Morgan fingerprint density at radius 2 is 1.79 bits per heavy atom. The number of fused-ring (bicyclic) bond motifs is 1. The number of benzene rings is 2. The van der Waals surface area contributed by atoms with Crippen molar-refractivity contribution in [2.75, 3.05) is 5.32 Å². The van der Waals surface area contributed by atoms with Crippen LogP contribution < -0.4 is 5.32 Å². The van der Waals surface area contributed by atoms with E-state index in [1.54, 1.807) is 6.07 Å². The van der Waals surface area contributed by atoms with Crippen LogP contribution in [-0.2, 0) is 0 Å². The number of hydrogen-bond acceptors (Lipinski definition) is 7. The van der Waals surface area contributed by atoms with Gasteiger partial charge in [0.25, 0.3) is 0 Å². The van der Waals surface area contributed by atoms with Crippen LogP contribution >= 0.6 is 0 Å². The van der Waals surface area contributed by atoms with Crippen LogP contribution in [0.3, 0.4) is 0 Å². The Morgan fingerprint density at radius 3 is 2.54 bits per heavy atom. The lowest BCUT2D eigenvalue weighted by Crippen LogP contribution is -2.01. The summed E-state index contributed by atoms with van der Waals surface area (Å²) in [7, 11) is 0. The van der Waals surface area contributed by atoms with Gasteiger partial charge >= 0.3 is 0 Å². The largest absolute Gasteiger partial charge is 0.345 e. The monoisotopic (exact) mass is 373 g/mol. The van der Waals surface area contributed by atoms with Crippen molar-refractivity contribution in [2.45, 2.75) is 0 Å². The predicted molar refractivity (Wildman–Crippen MR) is 100.0 cm³/mol. The summed E-state index contributed by atoms with van der Waals surface area (Å²) in [5.74, 6) is 0.184. The van der Waals surface area contributed by atoms with Crippen molar-refractivity contribution in [1.82, 2.24) is 40.6 Å². The highest BCUT2D eigenvalue weighted by molar-refractivity contribution is 5.95. The molecule has 0 atom stereocenters. The van der Waals surface area contributed by atoms with E-state index in [1.165, 1.54) is 18.7 Å². The smallest absolute Gasteiger partial charge is 0.227 e. The second-order valence-electron chi connectivity index (χ2n) is 5.93. The van der Waals surface area contributed by atoms with Crippen molar-refractivity contribution in [3.63, 3.8) is 0 Å². The molecule has 5 rings (SSSR count). The third-order valence-electron chi connectivity index (χ3n) is 4.21. The van der Waals surface area contributed by atoms with E-state index in [-0.39, 0.29) is 11.6 Å². The molecule has 3 heterocycles. The van der Waals surface area contributed by atoms with E-state index in [1.807, 2.05) is 30.3 Å². The molecule has 0 saturated heterocycles. The standard InChI is InChI=1S/C18H12FN9/c19-15-12(24-18-20-7-11(8-21-18)17-25-27-28-26-17)6-13-16(23-9-22-13)14(15)10-4-2-1-3-5-10/h1-9H,(H,22,23)(H,20,21,24)(H,25,26,27,28). The first-order chi connectivity index (χ1) is 13.8. The Kier molecular flexibility index (Phi) is 3.72. The van der Waals surface area contributed by atoms with Crippen molar-refractivity contribution in [3.8, 4) is 22.5 Å². The first kappa shape index (κ1) is 16.0. The highest BCUT2D eigenvalue weighted by Gasteiger charge is 2.18. The molecule has 0 radical (unpaired) electrons. The molecular weight excluding hydrogens is 361 g/mol. The van der Waals surface area contributed by atoms with Crippen LogP contribution in [0.4, 0.5) is 16.0 Å². The number of hydrogen-bond donors (Lipinski definition) is 3. The molecule has 5 aromatic rings. The molecule has 0 fully saturated rings. The molecule has 0 unspecified atom stereocenters. The molecule has 0 saturated carbocycles. The van der Waals surface area contributed by atoms with E-state index < -0.39 is 5.82 Å². The normalized spacial score (nSPS) is 11.0. The highest BCUT2D eigenvalue weighted by Crippen LogP contribution is 2.35. The SMILES string of the molecule is Fc1c(Nc2ncc(-c3nn[nH]n3)cn2)cc2[nH]cnc2c1-c1ccccc1. The van der Waals surface area contributed by atoms with E-state index in [4.69, 9.17) is 0 Å². The summed E-state index contributed by atoms with van der Waals surface area (Å²) in [4.78, 5) is 15.7. The number of rotatable bonds is 4. The third kappa shape index (κ3) is 2.72. The fourth-order valence-corrected chi connectivity index (χ4v) is 2.93. The van der Waals surface area contributed by atoms with E-state index in [0.29, 0.717) is 28.0 Å². The van der Waals surface area contributed by atoms with Gasteiger partial charge in [0.05, 0.1) is 28.6 Å². The van der Waals surface area contributed by atoms with Gasteiger partial charge in [-0.05, 0) is 16.8 Å². The molecular formula is C18H12FN9. The van der Waals surface area contributed by atoms with Gasteiger partial charge in [0.1, 0.15) is 0 Å². The van der Waals surface area contributed by atoms with Crippen LogP contribution in [0, 0.1) is 5.82 Å². The molecule has 0 spiro atoms. The van der Waals surface area contributed by atoms with Gasteiger partial charge < -0.3 is 10.3 Å². The summed E-state index contributed by atoms with van der Waals surface area (Å²) in [6.07, 6.45) is 4.60. The average molecular weight is 373 g/mol. The summed E-state index contributed by atoms with van der Waals surface area (Å²) in [5, 5.41) is 16.5. The Balaban J connectivity index is 1.55. The van der Waals surface area contributed by atoms with Gasteiger partial charge in [-0.1, -0.05) is 30.3 Å². The zero-order valence-electron chi connectivity index (χ0n) is 14.3. The minimum Gasteiger partial charge on any atom is -0.345 e. The maximum absolute atomic E-state index is 15.3. The van der Waals surface area contributed by atoms with Crippen LogP contribution in [0.1, 0.15) is 0 Å². The number of halogens is 1. The van der Waals surface area contributed by atoms with E-state index in [0.717, 1.165) is 5.56 Å². The van der Waals surface area contributed by atoms with Crippen LogP contribution in [0.2, 0.25) is 0 Å². The Morgan fingerprint density at radius 1 is 0.964 bits per heavy atom. The van der Waals surface area contributed by atoms with Crippen molar-refractivity contribution >= 4 is 22.7 Å². The molecule has 3 aromatic heterocycles. The molecule has 0 aliphatic heterocycles. The van der Waals surface area contributed by atoms with Crippen LogP contribution in [0.5, 0.6) is 0 Å². The van der Waals surface area contributed by atoms with Crippen molar-refractivity contribution in [3.05, 3.63) is 60.9 Å². The van der Waals surface area contributed by atoms with Gasteiger partial charge in [-0.25, -0.2) is 19.3 Å². The minimum atomic E-state index is -0.434. The molecule has 0 aliphatic carbocycles. The zero-order chi connectivity index (χ0) is 18.9. The number of anilines is 2. The van der Waals surface area contributed by atoms with E-state index >= 15 is 4.39 Å². The molecule has 9 nitrogen and oxygen atoms in total. The molecule has 10 heteroatoms. The lowest BCUT2D eigenvalue weighted by molar-refractivity contribution is 0.636. The second kappa shape index (κ2) is 6.50. The first-order valence-corrected chi connectivity index (χ1v) is 8.33. The summed E-state index contributed by atoms with van der Waals surface area (Å²) in [5.41, 5.74) is 3.23. The van der Waals surface area contributed by atoms with Crippen LogP contribution in [0.25, 0.3) is 33.5 Å². The van der Waals surface area contributed by atoms with Gasteiger partial charge in [-0.15, -0.1) is 10.2 Å². The lowest BCUT2D eigenvalue weighted by Gasteiger charge is -2.11. The average Bonchev–Trinajstić information content (AvgIpc) is 3.42. The van der Waals surface area contributed by atoms with Gasteiger partial charge in [-0.3, -0.25) is 0 Å². The maximum atomic E-state index is 15.3. The molecule has 0 bridgehead atoms. The Labute approximate surface area is 157 Å². The summed E-state index contributed by atoms with van der Waals surface area (Å²) < 4.78 is 15.3. The quantitative estimate of drug-likeness (QED) is 0.442. The number of aromatic amines is 2. The van der Waals surface area contributed by atoms with Crippen LogP contribution in [0.15, 0.2) is 55.1 Å². The highest BCUT2D eigenvalue weighted by atomic mass is 19.1. The molecule has 3 N–H and O–H groups in total. The number of imidazole rings is 1. The number of tetrazole rings is 1. The van der Waals surface area contributed by atoms with Crippen molar-refractivity contribution in [1.29, 1.82) is 0 Å². The first-order valence-electron chi connectivity index (χ1n) is 8.33. The van der Waals surface area contributed by atoms with Gasteiger partial charge in [0, 0.05) is 18.0 Å². The van der Waals surface area contributed by atoms with Crippen LogP contribution in [-0.4, -0.2) is 40.6 Å². The number of aromatic nitrogens is 8. The maximum Gasteiger partial charge on any atom is 0.227 e. The van der Waals surface area contributed by atoms with Gasteiger partial charge in [0.15, 0.2) is 5.82 Å². The predicted octanol–water partition coefficient (Wildman–Crippen LogP) is 3.08. The minimum absolute atomic E-state index is 0.239. The fourth-order valence-electron chi connectivity index (χ4n) is 2.93. The molecule has 0 aliphatic rings. The zero-order valence-corrected chi connectivity index (χ0v) is 14.3. The van der Waals surface area contributed by atoms with Gasteiger partial charge in [-0.2, -0.15) is 5.21 Å². The Hall–Kier alpha value is -4.21. The van der Waals surface area contributed by atoms with Crippen molar-refractivity contribution in [2.24, 2.45) is 0 Å². The van der Waals surface area contributed by atoms with E-state index in [2.05, 4.69) is 45.9 Å². The van der Waals surface area contributed by atoms with Crippen molar-refractivity contribution < 1.29 is 4.39 Å². The summed E-state index contributed by atoms with van der Waals surface area (Å²) in [6.45, 7) is 0. The third-order valence-corrected chi connectivity index (χ3v) is 4.21. The fraction of sp³-hybridized carbons (Fsp3) is 0. The number of H-pyrrole nitrogens is 2. The van der Waals surface area contributed by atoms with Gasteiger partial charge in [0.2, 0.25) is 11.8 Å². The Bertz CT molecular complexity index is 1230. The van der Waals surface area contributed by atoms with E-state index in [9.17, 15) is 0 Å². The molecule has 28 heavy (non-hydrogen) atoms. The lowest BCUT2D eigenvalue weighted by atomic mass is 10.0. The molecule has 136 valence electrons. The number of nitrogens with one attached hydrogen (secondary N) is 3. The summed E-state index contributed by atoms with van der Waals surface area (Å²) in [6, 6.07) is 10.9. The second-order valence-corrected chi connectivity index (χ2v) is 5.93. The molecule has 2 aromatic carbocycles. The topological polar surface area (TPSA) is 121 Å². The molecule has 0 amide bonds.